The number of nitrogens with one attached hydrogen (secondary N) is 1. The van der Waals surface area contributed by atoms with Crippen LogP contribution in [0.1, 0.15) is 23.2 Å². The molecule has 2 unspecified atom stereocenters. The molecule has 0 bridgehead atoms. The van der Waals surface area contributed by atoms with Gasteiger partial charge < -0.3 is 20.7 Å². The molecule has 114 valence electrons. The molecule has 1 aliphatic heterocycles. The highest BCUT2D eigenvalue weighted by atomic mass is 16.5. The molecule has 0 aromatic heterocycles. The van der Waals surface area contributed by atoms with Gasteiger partial charge in [0.15, 0.2) is 0 Å². The van der Waals surface area contributed by atoms with Crippen LogP contribution in [0.15, 0.2) is 24.3 Å². The second-order valence-electron chi connectivity index (χ2n) is 5.33. The van der Waals surface area contributed by atoms with E-state index in [0.29, 0.717) is 24.2 Å². The third-order valence-corrected chi connectivity index (χ3v) is 3.45. The lowest BCUT2D eigenvalue weighted by Gasteiger charge is -2.14. The lowest BCUT2D eigenvalue weighted by molar-refractivity contribution is -0.126. The molecular weight excluding hydrogens is 270 g/mol. The van der Waals surface area contributed by atoms with Gasteiger partial charge in [0.2, 0.25) is 0 Å². The minimum Gasteiger partial charge on any atom is -0.364 e. The smallest absolute Gasteiger partial charge is 0.253 e. The minimum atomic E-state index is -0.466. The first kappa shape index (κ1) is 15.5. The molecule has 3 N–H and O–H groups in total. The Labute approximate surface area is 124 Å². The highest BCUT2D eigenvalue weighted by molar-refractivity contribution is 5.98. The van der Waals surface area contributed by atoms with Crippen molar-refractivity contribution < 1.29 is 14.3 Å². The van der Waals surface area contributed by atoms with Crippen LogP contribution in [0.3, 0.4) is 0 Å². The van der Waals surface area contributed by atoms with Crippen molar-refractivity contribution in [2.24, 2.45) is 5.73 Å². The Balaban J connectivity index is 2.01. The monoisotopic (exact) mass is 291 g/mol. The quantitative estimate of drug-likeness (QED) is 0.860. The van der Waals surface area contributed by atoms with E-state index in [1.165, 1.54) is 4.90 Å². The van der Waals surface area contributed by atoms with Gasteiger partial charge in [-0.15, -0.1) is 0 Å². The van der Waals surface area contributed by atoms with Gasteiger partial charge in [0.25, 0.3) is 11.8 Å². The number of amides is 2. The van der Waals surface area contributed by atoms with Crippen molar-refractivity contribution in [3.05, 3.63) is 29.8 Å². The number of nitrogens with two attached hydrogens (primary N) is 1. The molecule has 0 spiro atoms. The van der Waals surface area contributed by atoms with Crippen LogP contribution in [0.5, 0.6) is 0 Å². The van der Waals surface area contributed by atoms with Gasteiger partial charge in [-0.3, -0.25) is 9.59 Å². The van der Waals surface area contributed by atoms with Gasteiger partial charge in [0, 0.05) is 31.9 Å². The average molecular weight is 291 g/mol. The van der Waals surface area contributed by atoms with E-state index in [4.69, 9.17) is 10.5 Å². The third-order valence-electron chi connectivity index (χ3n) is 3.45. The molecule has 2 atom stereocenters. The summed E-state index contributed by atoms with van der Waals surface area (Å²) in [6.45, 7) is 0.427. The zero-order valence-electron chi connectivity index (χ0n) is 12.3. The Morgan fingerprint density at radius 3 is 2.76 bits per heavy atom. The normalized spacial score (nSPS) is 21.1. The second-order valence-corrected chi connectivity index (χ2v) is 5.33. The Hall–Kier alpha value is -1.92. The second kappa shape index (κ2) is 6.69. The van der Waals surface area contributed by atoms with Gasteiger partial charge in [-0.05, 0) is 31.0 Å². The van der Waals surface area contributed by atoms with E-state index in [-0.39, 0.29) is 17.9 Å². The van der Waals surface area contributed by atoms with Crippen LogP contribution in [-0.2, 0) is 9.53 Å². The van der Waals surface area contributed by atoms with E-state index >= 15 is 0 Å². The molecule has 1 saturated heterocycles. The minimum absolute atomic E-state index is 0.0394. The highest BCUT2D eigenvalue weighted by Gasteiger charge is 2.29. The maximum atomic E-state index is 12.1. The maximum absolute atomic E-state index is 12.1. The number of benzene rings is 1. The van der Waals surface area contributed by atoms with Gasteiger partial charge in [-0.25, -0.2) is 0 Å². The average Bonchev–Trinajstić information content (AvgIpc) is 2.95. The number of hydrogen-bond acceptors (Lipinski definition) is 4. The van der Waals surface area contributed by atoms with Crippen LogP contribution in [0.2, 0.25) is 0 Å². The highest BCUT2D eigenvalue weighted by Crippen LogP contribution is 2.21. The first-order chi connectivity index (χ1) is 10.0. The summed E-state index contributed by atoms with van der Waals surface area (Å²) in [4.78, 5) is 25.5. The van der Waals surface area contributed by atoms with E-state index in [1.807, 2.05) is 0 Å². The van der Waals surface area contributed by atoms with Crippen LogP contribution in [0.25, 0.3) is 0 Å². The van der Waals surface area contributed by atoms with Crippen molar-refractivity contribution in [2.75, 3.05) is 26.0 Å². The number of carbonyl (C=O) groups excluding carboxylic acids is 2. The fourth-order valence-electron chi connectivity index (χ4n) is 2.28. The summed E-state index contributed by atoms with van der Waals surface area (Å²) < 4.78 is 5.55. The Morgan fingerprint density at radius 2 is 2.14 bits per heavy atom. The summed E-state index contributed by atoms with van der Waals surface area (Å²) in [5, 5.41) is 2.79. The number of carbonyl (C=O) groups is 2. The van der Waals surface area contributed by atoms with E-state index in [0.717, 1.165) is 6.42 Å². The van der Waals surface area contributed by atoms with E-state index in [9.17, 15) is 9.59 Å². The largest absolute Gasteiger partial charge is 0.364 e. The molecule has 1 aromatic rings. The van der Waals surface area contributed by atoms with Crippen molar-refractivity contribution >= 4 is 17.5 Å². The number of nitrogens with zero attached hydrogens (tertiary/aromatic N) is 1. The SMILES string of the molecule is CN(C)C(=O)c1cccc(NC(=O)C2CCC(CN)O2)c1. The predicted molar refractivity (Wildman–Crippen MR) is 80.0 cm³/mol. The van der Waals surface area contributed by atoms with Gasteiger partial charge in [-0.2, -0.15) is 0 Å². The maximum Gasteiger partial charge on any atom is 0.253 e. The zero-order chi connectivity index (χ0) is 15.4. The molecular formula is C15H21N3O3. The van der Waals surface area contributed by atoms with Gasteiger partial charge in [-0.1, -0.05) is 6.07 Å². The fraction of sp³-hybridized carbons (Fsp3) is 0.467. The number of anilines is 1. The van der Waals surface area contributed by atoms with E-state index < -0.39 is 6.10 Å². The fourth-order valence-corrected chi connectivity index (χ4v) is 2.28. The summed E-state index contributed by atoms with van der Waals surface area (Å²) in [7, 11) is 3.37. The zero-order valence-corrected chi connectivity index (χ0v) is 12.3. The summed E-state index contributed by atoms with van der Waals surface area (Å²) in [6.07, 6.45) is 0.965. The number of hydrogen-bond donors (Lipinski definition) is 2. The first-order valence-electron chi connectivity index (χ1n) is 6.99. The molecule has 0 radical (unpaired) electrons. The lowest BCUT2D eigenvalue weighted by Crippen LogP contribution is -2.30. The number of rotatable bonds is 4. The van der Waals surface area contributed by atoms with Crippen LogP contribution >= 0.6 is 0 Å². The first-order valence-corrected chi connectivity index (χ1v) is 6.99. The van der Waals surface area contributed by atoms with Gasteiger partial charge in [0.1, 0.15) is 6.10 Å². The lowest BCUT2D eigenvalue weighted by atomic mass is 10.1. The summed E-state index contributed by atoms with van der Waals surface area (Å²) in [5.41, 5.74) is 6.65. The summed E-state index contributed by atoms with van der Waals surface area (Å²) in [5.74, 6) is -0.299. The van der Waals surface area contributed by atoms with Gasteiger partial charge >= 0.3 is 0 Å². The van der Waals surface area contributed by atoms with Crippen LogP contribution in [0.4, 0.5) is 5.69 Å². The van der Waals surface area contributed by atoms with Crippen LogP contribution in [-0.4, -0.2) is 49.6 Å². The molecule has 21 heavy (non-hydrogen) atoms. The van der Waals surface area contributed by atoms with Crippen LogP contribution in [0, 0.1) is 0 Å². The molecule has 2 rings (SSSR count). The molecule has 0 aliphatic carbocycles. The predicted octanol–water partition coefficient (Wildman–Crippen LogP) is 0.833. The van der Waals surface area contributed by atoms with Crippen molar-refractivity contribution in [1.82, 2.24) is 4.90 Å². The summed E-state index contributed by atoms with van der Waals surface area (Å²) in [6, 6.07) is 6.87. The Morgan fingerprint density at radius 1 is 1.38 bits per heavy atom. The van der Waals surface area contributed by atoms with Crippen molar-refractivity contribution in [3.8, 4) is 0 Å². The van der Waals surface area contributed by atoms with E-state index in [1.54, 1.807) is 38.4 Å². The Bertz CT molecular complexity index is 531. The van der Waals surface area contributed by atoms with Crippen molar-refractivity contribution in [1.29, 1.82) is 0 Å². The Kier molecular flexibility index (Phi) is 4.93. The molecule has 1 aliphatic rings. The van der Waals surface area contributed by atoms with Gasteiger partial charge in [0.05, 0.1) is 6.10 Å². The number of ether oxygens (including phenoxy) is 1. The molecule has 6 heteroatoms. The standard InChI is InChI=1S/C15H21N3O3/c1-18(2)15(20)10-4-3-5-11(8-10)17-14(19)13-7-6-12(9-16)21-13/h3-5,8,12-13H,6-7,9,16H2,1-2H3,(H,17,19). The van der Waals surface area contributed by atoms with Crippen molar-refractivity contribution in [2.45, 2.75) is 25.0 Å². The molecule has 1 fully saturated rings. The van der Waals surface area contributed by atoms with Crippen molar-refractivity contribution in [3.63, 3.8) is 0 Å². The van der Waals surface area contributed by atoms with E-state index in [2.05, 4.69) is 5.32 Å². The molecule has 0 saturated carbocycles. The summed E-state index contributed by atoms with van der Waals surface area (Å²) >= 11 is 0. The van der Waals surface area contributed by atoms with Crippen LogP contribution < -0.4 is 11.1 Å². The molecule has 1 heterocycles. The molecule has 1 aromatic carbocycles. The molecule has 2 amide bonds. The molecule has 6 nitrogen and oxygen atoms in total. The topological polar surface area (TPSA) is 84.7 Å². The third kappa shape index (κ3) is 3.80.